The lowest BCUT2D eigenvalue weighted by Crippen LogP contribution is -2.33. The van der Waals surface area contributed by atoms with Crippen molar-refractivity contribution >= 4 is 11.9 Å². The van der Waals surface area contributed by atoms with E-state index in [1.54, 1.807) is 25.3 Å². The zero-order chi connectivity index (χ0) is 16.7. The molecule has 2 aromatic heterocycles. The van der Waals surface area contributed by atoms with Gasteiger partial charge in [0.05, 0.1) is 0 Å². The molecule has 0 aliphatic carbocycles. The minimum Gasteiger partial charge on any atom is -0.481 e. The van der Waals surface area contributed by atoms with Gasteiger partial charge in [-0.2, -0.15) is 4.98 Å². The standard InChI is InChI=1S/C15H18N4O4/c1-10(5-8-14(21)22)17-12(20)6-7-13-18-15(19-23-13)11-4-2-3-9-16-11/h2-4,9-10H,5-8H2,1H3,(H,17,20)(H,21,22). The van der Waals surface area contributed by atoms with Crippen molar-refractivity contribution in [2.24, 2.45) is 0 Å². The van der Waals surface area contributed by atoms with E-state index < -0.39 is 5.97 Å². The summed E-state index contributed by atoms with van der Waals surface area (Å²) >= 11 is 0. The molecule has 1 amide bonds. The van der Waals surface area contributed by atoms with Crippen molar-refractivity contribution in [3.05, 3.63) is 30.3 Å². The maximum Gasteiger partial charge on any atom is 0.303 e. The monoisotopic (exact) mass is 318 g/mol. The van der Waals surface area contributed by atoms with Crippen LogP contribution >= 0.6 is 0 Å². The number of carboxylic acids is 1. The molecule has 0 saturated carbocycles. The largest absolute Gasteiger partial charge is 0.481 e. The number of nitrogens with one attached hydrogen (secondary N) is 1. The summed E-state index contributed by atoms with van der Waals surface area (Å²) in [5.74, 6) is -0.311. The maximum atomic E-state index is 11.8. The van der Waals surface area contributed by atoms with Gasteiger partial charge in [-0.15, -0.1) is 0 Å². The number of nitrogens with zero attached hydrogens (tertiary/aromatic N) is 3. The van der Waals surface area contributed by atoms with Crippen LogP contribution in [0.4, 0.5) is 0 Å². The molecular formula is C15H18N4O4. The van der Waals surface area contributed by atoms with Crippen LogP contribution in [0.15, 0.2) is 28.9 Å². The number of carbonyl (C=O) groups is 2. The van der Waals surface area contributed by atoms with Crippen molar-refractivity contribution in [1.82, 2.24) is 20.4 Å². The van der Waals surface area contributed by atoms with E-state index in [0.29, 0.717) is 30.3 Å². The predicted molar refractivity (Wildman–Crippen MR) is 80.3 cm³/mol. The van der Waals surface area contributed by atoms with Crippen LogP contribution in [0.25, 0.3) is 11.5 Å². The molecule has 23 heavy (non-hydrogen) atoms. The van der Waals surface area contributed by atoms with E-state index in [2.05, 4.69) is 20.4 Å². The highest BCUT2D eigenvalue weighted by atomic mass is 16.5. The number of rotatable bonds is 8. The first-order valence-corrected chi connectivity index (χ1v) is 7.29. The van der Waals surface area contributed by atoms with Crippen LogP contribution in [-0.4, -0.2) is 38.1 Å². The Kier molecular flexibility index (Phi) is 5.79. The highest BCUT2D eigenvalue weighted by molar-refractivity contribution is 5.76. The average Bonchev–Trinajstić information content (AvgIpc) is 3.01. The third kappa shape index (κ3) is 5.50. The molecule has 0 bridgehead atoms. The van der Waals surface area contributed by atoms with Crippen LogP contribution in [0.3, 0.4) is 0 Å². The van der Waals surface area contributed by atoms with Gasteiger partial charge in [0, 0.05) is 31.5 Å². The van der Waals surface area contributed by atoms with Crippen molar-refractivity contribution in [3.8, 4) is 11.5 Å². The third-order valence-electron chi connectivity index (χ3n) is 3.13. The first-order chi connectivity index (χ1) is 11.0. The molecular weight excluding hydrogens is 300 g/mol. The van der Waals surface area contributed by atoms with Gasteiger partial charge in [0.2, 0.25) is 17.6 Å². The molecule has 2 rings (SSSR count). The number of amides is 1. The molecule has 8 nitrogen and oxygen atoms in total. The average molecular weight is 318 g/mol. The molecule has 122 valence electrons. The lowest BCUT2D eigenvalue weighted by atomic mass is 10.1. The molecule has 2 aromatic rings. The highest BCUT2D eigenvalue weighted by Crippen LogP contribution is 2.12. The van der Waals surface area contributed by atoms with Gasteiger partial charge in [-0.25, -0.2) is 0 Å². The smallest absolute Gasteiger partial charge is 0.303 e. The van der Waals surface area contributed by atoms with Gasteiger partial charge in [0.1, 0.15) is 5.69 Å². The lowest BCUT2D eigenvalue weighted by molar-refractivity contribution is -0.137. The Morgan fingerprint density at radius 2 is 2.17 bits per heavy atom. The second kappa shape index (κ2) is 8.02. The second-order valence-electron chi connectivity index (χ2n) is 5.13. The number of carbonyl (C=O) groups excluding carboxylic acids is 1. The Balaban J connectivity index is 1.79. The molecule has 8 heteroatoms. The van der Waals surface area contributed by atoms with Gasteiger partial charge in [-0.05, 0) is 25.5 Å². The summed E-state index contributed by atoms with van der Waals surface area (Å²) in [7, 11) is 0. The Morgan fingerprint density at radius 1 is 1.35 bits per heavy atom. The molecule has 1 unspecified atom stereocenters. The highest BCUT2D eigenvalue weighted by Gasteiger charge is 2.13. The van der Waals surface area contributed by atoms with Crippen LogP contribution in [0.1, 0.15) is 32.1 Å². The van der Waals surface area contributed by atoms with Crippen molar-refractivity contribution in [2.75, 3.05) is 0 Å². The lowest BCUT2D eigenvalue weighted by Gasteiger charge is -2.11. The Bertz CT molecular complexity index is 657. The zero-order valence-corrected chi connectivity index (χ0v) is 12.7. The normalized spacial score (nSPS) is 11.9. The van der Waals surface area contributed by atoms with Gasteiger partial charge in [0.15, 0.2) is 0 Å². The number of aromatic nitrogens is 3. The summed E-state index contributed by atoms with van der Waals surface area (Å²) in [5, 5.41) is 15.2. The first kappa shape index (κ1) is 16.6. The second-order valence-corrected chi connectivity index (χ2v) is 5.13. The Labute approximate surface area is 132 Å². The topological polar surface area (TPSA) is 118 Å². The fraction of sp³-hybridized carbons (Fsp3) is 0.400. The maximum absolute atomic E-state index is 11.8. The van der Waals surface area contributed by atoms with Gasteiger partial charge in [-0.1, -0.05) is 11.2 Å². The summed E-state index contributed by atoms with van der Waals surface area (Å²) in [6, 6.07) is 5.20. The molecule has 0 saturated heterocycles. The minimum atomic E-state index is -0.876. The summed E-state index contributed by atoms with van der Waals surface area (Å²) in [6.07, 6.45) is 2.57. The van der Waals surface area contributed by atoms with Crippen LogP contribution < -0.4 is 5.32 Å². The van der Waals surface area contributed by atoms with E-state index in [9.17, 15) is 9.59 Å². The molecule has 0 fully saturated rings. The fourth-order valence-corrected chi connectivity index (χ4v) is 1.94. The Hall–Kier alpha value is -2.77. The van der Waals surface area contributed by atoms with Crippen molar-refractivity contribution < 1.29 is 19.2 Å². The molecule has 1 atom stereocenters. The summed E-state index contributed by atoms with van der Waals surface area (Å²) in [5.41, 5.74) is 0.606. The van der Waals surface area contributed by atoms with E-state index in [4.69, 9.17) is 9.63 Å². The predicted octanol–water partition coefficient (Wildman–Crippen LogP) is 1.43. The molecule has 0 aliphatic rings. The number of aryl methyl sites for hydroxylation is 1. The van der Waals surface area contributed by atoms with Crippen LogP contribution in [0, 0.1) is 0 Å². The van der Waals surface area contributed by atoms with E-state index in [0.717, 1.165) is 0 Å². The first-order valence-electron chi connectivity index (χ1n) is 7.29. The van der Waals surface area contributed by atoms with E-state index in [1.807, 2.05) is 6.07 Å². The number of hydrogen-bond acceptors (Lipinski definition) is 6. The van der Waals surface area contributed by atoms with E-state index in [1.165, 1.54) is 0 Å². The SMILES string of the molecule is CC(CCC(=O)O)NC(=O)CCc1nc(-c2ccccn2)no1. The van der Waals surface area contributed by atoms with Gasteiger partial charge in [0.25, 0.3) is 0 Å². The minimum absolute atomic E-state index is 0.0263. The molecule has 0 aromatic carbocycles. The van der Waals surface area contributed by atoms with Crippen molar-refractivity contribution in [2.45, 2.75) is 38.6 Å². The molecule has 0 radical (unpaired) electrons. The molecule has 2 N–H and O–H groups in total. The number of aliphatic carboxylic acids is 1. The van der Waals surface area contributed by atoms with Crippen LogP contribution in [0.5, 0.6) is 0 Å². The molecule has 0 aliphatic heterocycles. The van der Waals surface area contributed by atoms with Gasteiger partial charge in [-0.3, -0.25) is 14.6 Å². The number of pyridine rings is 1. The fourth-order valence-electron chi connectivity index (χ4n) is 1.94. The van der Waals surface area contributed by atoms with Gasteiger partial charge >= 0.3 is 5.97 Å². The van der Waals surface area contributed by atoms with Crippen molar-refractivity contribution in [3.63, 3.8) is 0 Å². The molecule has 0 spiro atoms. The third-order valence-corrected chi connectivity index (χ3v) is 3.13. The van der Waals surface area contributed by atoms with Crippen molar-refractivity contribution in [1.29, 1.82) is 0 Å². The zero-order valence-electron chi connectivity index (χ0n) is 12.7. The molecule has 2 heterocycles. The summed E-state index contributed by atoms with van der Waals surface area (Å²) in [4.78, 5) is 30.6. The summed E-state index contributed by atoms with van der Waals surface area (Å²) in [6.45, 7) is 1.77. The number of carboxylic acid groups (broad SMARTS) is 1. The van der Waals surface area contributed by atoms with Crippen LogP contribution in [0.2, 0.25) is 0 Å². The van der Waals surface area contributed by atoms with E-state index in [-0.39, 0.29) is 24.8 Å². The summed E-state index contributed by atoms with van der Waals surface area (Å²) < 4.78 is 5.09. The Morgan fingerprint density at radius 3 is 2.87 bits per heavy atom. The number of hydrogen-bond donors (Lipinski definition) is 2. The van der Waals surface area contributed by atoms with Gasteiger partial charge < -0.3 is 14.9 Å². The van der Waals surface area contributed by atoms with E-state index >= 15 is 0 Å². The van der Waals surface area contributed by atoms with Crippen LogP contribution in [-0.2, 0) is 16.0 Å². The quantitative estimate of drug-likeness (QED) is 0.755.